The van der Waals surface area contributed by atoms with Crippen molar-refractivity contribution in [3.63, 3.8) is 0 Å². The van der Waals surface area contributed by atoms with Crippen LogP contribution in [0.25, 0.3) is 0 Å². The fraction of sp³-hybridized carbons (Fsp3) is 0.625. The lowest BCUT2D eigenvalue weighted by molar-refractivity contribution is 0.599. The first-order valence-electron chi connectivity index (χ1n) is 4.07. The third kappa shape index (κ3) is 1.69. The molecule has 0 radical (unpaired) electrons. The monoisotopic (exact) mass is 231 g/mol. The van der Waals surface area contributed by atoms with Gasteiger partial charge >= 0.3 is 0 Å². The van der Waals surface area contributed by atoms with Crippen LogP contribution in [0.1, 0.15) is 18.3 Å². The van der Waals surface area contributed by atoms with E-state index in [2.05, 4.69) is 33.3 Å². The predicted octanol–water partition coefficient (Wildman–Crippen LogP) is 1.69. The van der Waals surface area contributed by atoms with Gasteiger partial charge in [0.25, 0.3) is 0 Å². The van der Waals surface area contributed by atoms with Crippen molar-refractivity contribution in [2.45, 2.75) is 26.9 Å². The van der Waals surface area contributed by atoms with Gasteiger partial charge in [0.2, 0.25) is 0 Å². The Hall–Kier alpha value is -0.350. The molecule has 0 bridgehead atoms. The van der Waals surface area contributed by atoms with E-state index < -0.39 is 0 Å². The van der Waals surface area contributed by atoms with E-state index in [9.17, 15) is 0 Å². The molecule has 0 unspecified atom stereocenters. The Balaban J connectivity index is 3.03. The van der Waals surface area contributed by atoms with Crippen LogP contribution < -0.4 is 5.32 Å². The summed E-state index contributed by atoms with van der Waals surface area (Å²) >= 11 is 3.52. The van der Waals surface area contributed by atoms with Gasteiger partial charge in [0.15, 0.2) is 0 Å². The summed E-state index contributed by atoms with van der Waals surface area (Å²) in [6, 6.07) is 0. The molecule has 1 aromatic heterocycles. The molecule has 1 aromatic rings. The van der Waals surface area contributed by atoms with E-state index in [0.29, 0.717) is 0 Å². The number of aryl methyl sites for hydroxylation is 2. The Bertz CT molecular complexity index is 268. The Morgan fingerprint density at radius 2 is 2.25 bits per heavy atom. The second-order valence-corrected chi connectivity index (χ2v) is 3.49. The van der Waals surface area contributed by atoms with Crippen LogP contribution in [-0.4, -0.2) is 16.8 Å². The van der Waals surface area contributed by atoms with Gasteiger partial charge in [0.05, 0.1) is 15.9 Å². The lowest BCUT2D eigenvalue weighted by Gasteiger charge is -2.03. The van der Waals surface area contributed by atoms with Crippen LogP contribution in [-0.2, 0) is 13.1 Å². The first-order valence-corrected chi connectivity index (χ1v) is 4.86. The number of nitrogens with one attached hydrogen (secondary N) is 1. The second-order valence-electron chi connectivity index (χ2n) is 2.69. The molecule has 68 valence electrons. The third-order valence-electron chi connectivity index (χ3n) is 1.80. The highest BCUT2D eigenvalue weighted by Crippen LogP contribution is 2.20. The summed E-state index contributed by atoms with van der Waals surface area (Å²) in [5.41, 5.74) is 2.28. The molecule has 12 heavy (non-hydrogen) atoms. The molecule has 0 aromatic carbocycles. The fourth-order valence-electron chi connectivity index (χ4n) is 1.21. The van der Waals surface area contributed by atoms with Crippen LogP contribution in [0.2, 0.25) is 0 Å². The Labute approximate surface area is 81.3 Å². The van der Waals surface area contributed by atoms with E-state index in [4.69, 9.17) is 0 Å². The number of aromatic nitrogens is 2. The topological polar surface area (TPSA) is 29.9 Å². The molecule has 1 rings (SSSR count). The van der Waals surface area contributed by atoms with Gasteiger partial charge in [-0.2, -0.15) is 5.10 Å². The van der Waals surface area contributed by atoms with Crippen LogP contribution in [0.3, 0.4) is 0 Å². The van der Waals surface area contributed by atoms with Crippen molar-refractivity contribution in [1.29, 1.82) is 0 Å². The largest absolute Gasteiger partial charge is 0.314 e. The zero-order valence-electron chi connectivity index (χ0n) is 7.69. The van der Waals surface area contributed by atoms with E-state index in [1.54, 1.807) is 0 Å². The molecule has 0 atom stereocenters. The van der Waals surface area contributed by atoms with Crippen molar-refractivity contribution in [2.75, 3.05) is 7.05 Å². The minimum absolute atomic E-state index is 0.856. The van der Waals surface area contributed by atoms with E-state index >= 15 is 0 Å². The van der Waals surface area contributed by atoms with Crippen molar-refractivity contribution >= 4 is 15.9 Å². The van der Waals surface area contributed by atoms with E-state index in [0.717, 1.165) is 23.3 Å². The van der Waals surface area contributed by atoms with Crippen molar-refractivity contribution in [2.24, 2.45) is 0 Å². The Morgan fingerprint density at radius 3 is 2.75 bits per heavy atom. The fourth-order valence-corrected chi connectivity index (χ4v) is 1.63. The number of nitrogens with zero attached hydrogens (tertiary/aromatic N) is 2. The van der Waals surface area contributed by atoms with Gasteiger partial charge in [-0.15, -0.1) is 0 Å². The van der Waals surface area contributed by atoms with Crippen molar-refractivity contribution < 1.29 is 0 Å². The molecule has 0 aliphatic carbocycles. The summed E-state index contributed by atoms with van der Waals surface area (Å²) in [6.45, 7) is 5.88. The summed E-state index contributed by atoms with van der Waals surface area (Å²) in [5.74, 6) is 0. The lowest BCUT2D eigenvalue weighted by atomic mass is 10.3. The van der Waals surface area contributed by atoms with Gasteiger partial charge in [0.1, 0.15) is 0 Å². The molecule has 3 nitrogen and oxygen atoms in total. The summed E-state index contributed by atoms with van der Waals surface area (Å²) < 4.78 is 3.13. The molecule has 0 saturated carbocycles. The smallest absolute Gasteiger partial charge is 0.0739 e. The van der Waals surface area contributed by atoms with Gasteiger partial charge < -0.3 is 5.32 Å². The van der Waals surface area contributed by atoms with Gasteiger partial charge in [-0.3, -0.25) is 4.68 Å². The second kappa shape index (κ2) is 4.05. The summed E-state index contributed by atoms with van der Waals surface area (Å²) in [7, 11) is 1.94. The highest BCUT2D eigenvalue weighted by Gasteiger charge is 2.09. The normalized spacial score (nSPS) is 10.7. The van der Waals surface area contributed by atoms with Gasteiger partial charge in [0, 0.05) is 13.1 Å². The molecule has 1 N–H and O–H groups in total. The van der Waals surface area contributed by atoms with Crippen LogP contribution in [0.5, 0.6) is 0 Å². The van der Waals surface area contributed by atoms with Gasteiger partial charge in [-0.25, -0.2) is 0 Å². The molecule has 0 spiro atoms. The highest BCUT2D eigenvalue weighted by atomic mass is 79.9. The first kappa shape index (κ1) is 9.74. The van der Waals surface area contributed by atoms with E-state index in [1.165, 1.54) is 5.69 Å². The molecular formula is C8H14BrN3. The summed E-state index contributed by atoms with van der Waals surface area (Å²) in [5, 5.41) is 7.50. The molecule has 4 heteroatoms. The maximum absolute atomic E-state index is 4.38. The van der Waals surface area contributed by atoms with Crippen molar-refractivity contribution in [3.05, 3.63) is 15.9 Å². The Morgan fingerprint density at radius 1 is 1.58 bits per heavy atom. The quantitative estimate of drug-likeness (QED) is 0.859. The van der Waals surface area contributed by atoms with Crippen molar-refractivity contribution in [3.8, 4) is 0 Å². The zero-order chi connectivity index (χ0) is 9.14. The number of rotatable bonds is 3. The standard InChI is InChI=1S/C8H14BrN3/c1-4-12-7(5-10-3)8(9)6(2)11-12/h10H,4-5H2,1-3H3. The molecule has 1 heterocycles. The average Bonchev–Trinajstić information content (AvgIpc) is 2.33. The molecule has 0 aliphatic heterocycles. The van der Waals surface area contributed by atoms with Gasteiger partial charge in [-0.05, 0) is 36.8 Å². The van der Waals surface area contributed by atoms with Crippen molar-refractivity contribution in [1.82, 2.24) is 15.1 Å². The minimum Gasteiger partial charge on any atom is -0.314 e. The molecular weight excluding hydrogens is 218 g/mol. The molecule has 0 amide bonds. The maximum atomic E-state index is 4.38. The number of hydrogen-bond donors (Lipinski definition) is 1. The van der Waals surface area contributed by atoms with Crippen LogP contribution >= 0.6 is 15.9 Å². The summed E-state index contributed by atoms with van der Waals surface area (Å²) in [4.78, 5) is 0. The SMILES string of the molecule is CCn1nc(C)c(Br)c1CNC. The van der Waals surface area contributed by atoms with E-state index in [1.807, 2.05) is 18.7 Å². The van der Waals surface area contributed by atoms with Crippen LogP contribution in [0.4, 0.5) is 0 Å². The third-order valence-corrected chi connectivity index (χ3v) is 2.83. The van der Waals surface area contributed by atoms with Crippen LogP contribution in [0, 0.1) is 6.92 Å². The lowest BCUT2D eigenvalue weighted by Crippen LogP contribution is -2.11. The van der Waals surface area contributed by atoms with Gasteiger partial charge in [-0.1, -0.05) is 0 Å². The average molecular weight is 232 g/mol. The minimum atomic E-state index is 0.856. The number of hydrogen-bond acceptors (Lipinski definition) is 2. The zero-order valence-corrected chi connectivity index (χ0v) is 9.27. The number of halogens is 1. The van der Waals surface area contributed by atoms with E-state index in [-0.39, 0.29) is 0 Å². The summed E-state index contributed by atoms with van der Waals surface area (Å²) in [6.07, 6.45) is 0. The Kier molecular flexibility index (Phi) is 3.29. The predicted molar refractivity (Wildman–Crippen MR) is 53.1 cm³/mol. The molecule has 0 saturated heterocycles. The first-order chi connectivity index (χ1) is 5.70. The highest BCUT2D eigenvalue weighted by molar-refractivity contribution is 9.10. The maximum Gasteiger partial charge on any atom is 0.0739 e. The molecule has 0 fully saturated rings. The molecule has 0 aliphatic rings. The van der Waals surface area contributed by atoms with Crippen LogP contribution in [0.15, 0.2) is 4.47 Å².